The molecule has 86 valence electrons. The van der Waals surface area contributed by atoms with Gasteiger partial charge >= 0.3 is 0 Å². The van der Waals surface area contributed by atoms with E-state index < -0.39 is 0 Å². The third-order valence-electron chi connectivity index (χ3n) is 2.64. The molecule has 0 aromatic carbocycles. The number of H-pyrrole nitrogens is 1. The molecule has 3 aromatic heterocycles. The van der Waals surface area contributed by atoms with E-state index in [1.165, 1.54) is 0 Å². The number of nitrogen functional groups attached to an aromatic ring is 1. The molecule has 3 aromatic rings. The van der Waals surface area contributed by atoms with Crippen LogP contribution in [-0.2, 0) is 0 Å². The average molecular weight is 228 g/mol. The maximum Gasteiger partial charge on any atom is 0.138 e. The largest absolute Gasteiger partial charge is 0.492 e. The number of rotatable bonds is 2. The highest BCUT2D eigenvalue weighted by molar-refractivity contribution is 6.06. The minimum atomic E-state index is 0.500. The monoisotopic (exact) mass is 228 g/mol. The van der Waals surface area contributed by atoms with Crippen LogP contribution in [0.25, 0.3) is 21.9 Å². The standard InChI is InChI=1S/C12H12N4O/c1-2-17-7-3-9-8-4-11(13)14-6-10(8)16-12(9)15-5-7/h3-6H,2H2,1H3,(H2,13,14)(H,15,16). The number of hydrogen-bond donors (Lipinski definition) is 2. The first-order valence-corrected chi connectivity index (χ1v) is 5.43. The van der Waals surface area contributed by atoms with Crippen molar-refractivity contribution in [1.82, 2.24) is 15.0 Å². The fourth-order valence-electron chi connectivity index (χ4n) is 1.92. The van der Waals surface area contributed by atoms with Gasteiger partial charge in [0.15, 0.2) is 0 Å². The summed E-state index contributed by atoms with van der Waals surface area (Å²) in [4.78, 5) is 11.6. The average Bonchev–Trinajstić information content (AvgIpc) is 2.67. The summed E-state index contributed by atoms with van der Waals surface area (Å²) < 4.78 is 5.44. The number of hydrogen-bond acceptors (Lipinski definition) is 4. The summed E-state index contributed by atoms with van der Waals surface area (Å²) in [5.41, 5.74) is 7.44. The molecule has 0 amide bonds. The van der Waals surface area contributed by atoms with E-state index in [9.17, 15) is 0 Å². The van der Waals surface area contributed by atoms with Gasteiger partial charge in [0.2, 0.25) is 0 Å². The van der Waals surface area contributed by atoms with Gasteiger partial charge in [0.25, 0.3) is 0 Å². The van der Waals surface area contributed by atoms with Crippen LogP contribution >= 0.6 is 0 Å². The number of nitrogens with one attached hydrogen (secondary N) is 1. The molecule has 0 radical (unpaired) electrons. The fraction of sp³-hybridized carbons (Fsp3) is 0.167. The summed E-state index contributed by atoms with van der Waals surface area (Å²) in [6.07, 6.45) is 3.42. The van der Waals surface area contributed by atoms with Crippen LogP contribution in [0.15, 0.2) is 24.5 Å². The second-order valence-corrected chi connectivity index (χ2v) is 3.78. The number of aromatic nitrogens is 3. The SMILES string of the molecule is CCOc1cnc2[nH]c3cnc(N)cc3c2c1. The Bertz CT molecular complexity index is 689. The third-order valence-corrected chi connectivity index (χ3v) is 2.64. The summed E-state index contributed by atoms with van der Waals surface area (Å²) in [5.74, 6) is 1.26. The highest BCUT2D eigenvalue weighted by Crippen LogP contribution is 2.27. The number of pyridine rings is 2. The van der Waals surface area contributed by atoms with Gasteiger partial charge in [0.1, 0.15) is 17.2 Å². The van der Waals surface area contributed by atoms with Gasteiger partial charge in [-0.25, -0.2) is 9.97 Å². The van der Waals surface area contributed by atoms with E-state index in [4.69, 9.17) is 10.5 Å². The summed E-state index contributed by atoms with van der Waals surface area (Å²) in [6, 6.07) is 3.80. The molecular formula is C12H12N4O. The van der Waals surface area contributed by atoms with Crippen molar-refractivity contribution >= 4 is 27.8 Å². The van der Waals surface area contributed by atoms with Crippen molar-refractivity contribution < 1.29 is 4.74 Å². The molecule has 0 aliphatic heterocycles. The van der Waals surface area contributed by atoms with E-state index >= 15 is 0 Å². The topological polar surface area (TPSA) is 76.8 Å². The summed E-state index contributed by atoms with van der Waals surface area (Å²) in [6.45, 7) is 2.57. The van der Waals surface area contributed by atoms with Crippen LogP contribution in [0.4, 0.5) is 5.82 Å². The molecule has 0 saturated heterocycles. The molecule has 0 saturated carbocycles. The lowest BCUT2D eigenvalue weighted by Gasteiger charge is -2.01. The summed E-state index contributed by atoms with van der Waals surface area (Å²) >= 11 is 0. The Balaban J connectivity index is 2.31. The number of fused-ring (bicyclic) bond motifs is 3. The Kier molecular flexibility index (Phi) is 2.11. The normalized spacial score (nSPS) is 11.1. The predicted octanol–water partition coefficient (Wildman–Crippen LogP) is 2.09. The van der Waals surface area contributed by atoms with Crippen LogP contribution in [-0.4, -0.2) is 21.6 Å². The van der Waals surface area contributed by atoms with Gasteiger partial charge in [-0.15, -0.1) is 0 Å². The zero-order chi connectivity index (χ0) is 11.8. The molecule has 17 heavy (non-hydrogen) atoms. The lowest BCUT2D eigenvalue weighted by Crippen LogP contribution is -1.91. The Hall–Kier alpha value is -2.30. The van der Waals surface area contributed by atoms with Crippen LogP contribution in [0, 0.1) is 0 Å². The lowest BCUT2D eigenvalue weighted by atomic mass is 10.2. The second kappa shape index (κ2) is 3.62. The molecular weight excluding hydrogens is 216 g/mol. The molecule has 3 heterocycles. The zero-order valence-corrected chi connectivity index (χ0v) is 9.40. The van der Waals surface area contributed by atoms with E-state index in [0.29, 0.717) is 12.4 Å². The second-order valence-electron chi connectivity index (χ2n) is 3.78. The van der Waals surface area contributed by atoms with Crippen molar-refractivity contribution in [1.29, 1.82) is 0 Å². The van der Waals surface area contributed by atoms with Crippen LogP contribution in [0.1, 0.15) is 6.92 Å². The highest BCUT2D eigenvalue weighted by atomic mass is 16.5. The molecule has 0 fully saturated rings. The van der Waals surface area contributed by atoms with Gasteiger partial charge < -0.3 is 15.5 Å². The van der Waals surface area contributed by atoms with Crippen molar-refractivity contribution in [2.45, 2.75) is 6.92 Å². The minimum Gasteiger partial charge on any atom is -0.492 e. The summed E-state index contributed by atoms with van der Waals surface area (Å²) in [7, 11) is 0. The molecule has 5 nitrogen and oxygen atoms in total. The Labute approximate surface area is 97.6 Å². The van der Waals surface area contributed by atoms with Crippen LogP contribution in [0.3, 0.4) is 0 Å². The molecule has 3 N–H and O–H groups in total. The molecule has 0 aliphatic rings. The van der Waals surface area contributed by atoms with Crippen molar-refractivity contribution in [3.63, 3.8) is 0 Å². The maximum atomic E-state index is 5.69. The molecule has 3 rings (SSSR count). The molecule has 0 atom stereocenters. The Morgan fingerprint density at radius 1 is 1.24 bits per heavy atom. The van der Waals surface area contributed by atoms with Crippen molar-refractivity contribution in [3.05, 3.63) is 24.5 Å². The van der Waals surface area contributed by atoms with Crippen LogP contribution < -0.4 is 10.5 Å². The molecule has 0 bridgehead atoms. The van der Waals surface area contributed by atoms with Gasteiger partial charge in [-0.1, -0.05) is 0 Å². The number of nitrogens with zero attached hydrogens (tertiary/aromatic N) is 2. The first-order chi connectivity index (χ1) is 8.28. The van der Waals surface area contributed by atoms with Crippen molar-refractivity contribution in [3.8, 4) is 5.75 Å². The van der Waals surface area contributed by atoms with Crippen molar-refractivity contribution in [2.75, 3.05) is 12.3 Å². The maximum absolute atomic E-state index is 5.69. The first-order valence-electron chi connectivity index (χ1n) is 5.43. The number of ether oxygens (including phenoxy) is 1. The molecule has 0 unspecified atom stereocenters. The quantitative estimate of drug-likeness (QED) is 0.704. The van der Waals surface area contributed by atoms with Gasteiger partial charge in [-0.05, 0) is 19.1 Å². The third kappa shape index (κ3) is 1.56. The van der Waals surface area contributed by atoms with Gasteiger partial charge in [0, 0.05) is 10.8 Å². The van der Waals surface area contributed by atoms with E-state index in [-0.39, 0.29) is 0 Å². The Morgan fingerprint density at radius 3 is 2.94 bits per heavy atom. The smallest absolute Gasteiger partial charge is 0.138 e. The molecule has 5 heteroatoms. The number of aromatic amines is 1. The lowest BCUT2D eigenvalue weighted by molar-refractivity contribution is 0.339. The number of nitrogens with two attached hydrogens (primary N) is 1. The zero-order valence-electron chi connectivity index (χ0n) is 9.40. The van der Waals surface area contributed by atoms with Crippen LogP contribution in [0.2, 0.25) is 0 Å². The van der Waals surface area contributed by atoms with E-state index in [1.807, 2.05) is 19.1 Å². The number of anilines is 1. The van der Waals surface area contributed by atoms with E-state index in [2.05, 4.69) is 15.0 Å². The molecule has 0 spiro atoms. The summed E-state index contributed by atoms with van der Waals surface area (Å²) in [5, 5.41) is 2.02. The predicted molar refractivity (Wildman–Crippen MR) is 67.0 cm³/mol. The van der Waals surface area contributed by atoms with Gasteiger partial charge in [-0.3, -0.25) is 0 Å². The minimum absolute atomic E-state index is 0.500. The van der Waals surface area contributed by atoms with E-state index in [1.54, 1.807) is 12.4 Å². The van der Waals surface area contributed by atoms with Crippen molar-refractivity contribution in [2.24, 2.45) is 0 Å². The fourth-order valence-corrected chi connectivity index (χ4v) is 1.92. The Morgan fingerprint density at radius 2 is 2.12 bits per heavy atom. The van der Waals surface area contributed by atoms with Crippen LogP contribution in [0.5, 0.6) is 5.75 Å². The van der Waals surface area contributed by atoms with E-state index in [0.717, 1.165) is 27.7 Å². The highest BCUT2D eigenvalue weighted by Gasteiger charge is 2.07. The first kappa shape index (κ1) is 9.89. The molecule has 0 aliphatic carbocycles. The van der Waals surface area contributed by atoms with Gasteiger partial charge in [0.05, 0.1) is 24.5 Å². The van der Waals surface area contributed by atoms with Gasteiger partial charge in [-0.2, -0.15) is 0 Å².